The van der Waals surface area contributed by atoms with Crippen LogP contribution in [0.2, 0.25) is 0 Å². The zero-order valence-corrected chi connectivity index (χ0v) is 14.9. The molecule has 2 amide bonds. The van der Waals surface area contributed by atoms with E-state index in [0.29, 0.717) is 5.69 Å². The lowest BCUT2D eigenvalue weighted by atomic mass is 9.90. The van der Waals surface area contributed by atoms with Crippen LogP contribution in [0.25, 0.3) is 0 Å². The van der Waals surface area contributed by atoms with E-state index in [1.807, 2.05) is 42.5 Å². The molecule has 0 aromatic heterocycles. The van der Waals surface area contributed by atoms with Crippen molar-refractivity contribution in [3.63, 3.8) is 0 Å². The van der Waals surface area contributed by atoms with E-state index in [0.717, 1.165) is 10.2 Å². The summed E-state index contributed by atoms with van der Waals surface area (Å²) in [7, 11) is 1.67. The Hall–Kier alpha value is -2.14. The van der Waals surface area contributed by atoms with Gasteiger partial charge in [0.05, 0.1) is 0 Å². The highest BCUT2D eigenvalue weighted by molar-refractivity contribution is 9.10. The number of anilines is 2. The molecule has 0 spiro atoms. The van der Waals surface area contributed by atoms with Gasteiger partial charge in [0.15, 0.2) is 0 Å². The van der Waals surface area contributed by atoms with Crippen LogP contribution < -0.4 is 10.2 Å². The molecular weight excluding hydrogens is 356 g/mol. The fraction of sp³-hybridized carbons (Fsp3) is 0.222. The molecule has 0 radical (unpaired) electrons. The highest BCUT2D eigenvalue weighted by atomic mass is 79.9. The maximum absolute atomic E-state index is 12.7. The second-order valence-corrected chi connectivity index (χ2v) is 6.70. The number of amides is 2. The Morgan fingerprint density at radius 3 is 2.30 bits per heavy atom. The van der Waals surface area contributed by atoms with Crippen LogP contribution in [0.5, 0.6) is 0 Å². The van der Waals surface area contributed by atoms with Gasteiger partial charge in [-0.05, 0) is 44.2 Å². The quantitative estimate of drug-likeness (QED) is 0.819. The molecule has 0 unspecified atom stereocenters. The third kappa shape index (κ3) is 3.99. The van der Waals surface area contributed by atoms with Crippen LogP contribution in [0.4, 0.5) is 11.4 Å². The van der Waals surface area contributed by atoms with Crippen LogP contribution in [-0.2, 0) is 9.59 Å². The van der Waals surface area contributed by atoms with Crippen molar-refractivity contribution in [1.29, 1.82) is 0 Å². The Labute approximate surface area is 144 Å². The second-order valence-electron chi connectivity index (χ2n) is 5.79. The zero-order chi connectivity index (χ0) is 17.0. The molecule has 0 fully saturated rings. The topological polar surface area (TPSA) is 49.4 Å². The van der Waals surface area contributed by atoms with Crippen molar-refractivity contribution in [3.05, 3.63) is 59.1 Å². The molecule has 0 saturated heterocycles. The second kappa shape index (κ2) is 6.96. The lowest BCUT2D eigenvalue weighted by molar-refractivity contribution is -0.136. The number of carbonyl (C=O) groups excluding carboxylic acids is 2. The molecule has 0 aliphatic rings. The number of para-hydroxylation sites is 1. The first-order valence-electron chi connectivity index (χ1n) is 7.22. The van der Waals surface area contributed by atoms with Crippen molar-refractivity contribution in [1.82, 2.24) is 0 Å². The molecule has 5 heteroatoms. The van der Waals surface area contributed by atoms with Gasteiger partial charge in [-0.2, -0.15) is 0 Å². The van der Waals surface area contributed by atoms with Gasteiger partial charge in [0.1, 0.15) is 5.41 Å². The van der Waals surface area contributed by atoms with Crippen LogP contribution in [0.15, 0.2) is 59.1 Å². The number of nitrogens with one attached hydrogen (secondary N) is 1. The van der Waals surface area contributed by atoms with E-state index < -0.39 is 5.41 Å². The minimum Gasteiger partial charge on any atom is -0.325 e. The lowest BCUT2D eigenvalue weighted by Gasteiger charge is -2.28. The van der Waals surface area contributed by atoms with Gasteiger partial charge in [0.25, 0.3) is 0 Å². The van der Waals surface area contributed by atoms with E-state index in [1.165, 1.54) is 4.90 Å². The standard InChI is InChI=1S/C18H19BrN2O2/c1-18(2,16(22)20-14-9-7-8-13(19)12-14)17(23)21(3)15-10-5-4-6-11-15/h4-12H,1-3H3,(H,20,22). The summed E-state index contributed by atoms with van der Waals surface area (Å²) in [5, 5.41) is 2.79. The predicted molar refractivity (Wildman–Crippen MR) is 96.4 cm³/mol. The molecule has 1 N–H and O–H groups in total. The van der Waals surface area contributed by atoms with E-state index >= 15 is 0 Å². The molecule has 4 nitrogen and oxygen atoms in total. The SMILES string of the molecule is CN(C(=O)C(C)(C)C(=O)Nc1cccc(Br)c1)c1ccccc1. The number of hydrogen-bond acceptors (Lipinski definition) is 2. The molecular formula is C18H19BrN2O2. The van der Waals surface area contributed by atoms with E-state index in [4.69, 9.17) is 0 Å². The van der Waals surface area contributed by atoms with Gasteiger partial charge in [0, 0.05) is 22.9 Å². The molecule has 2 rings (SSSR count). The van der Waals surface area contributed by atoms with Crippen LogP contribution in [0, 0.1) is 5.41 Å². The lowest BCUT2D eigenvalue weighted by Crippen LogP contribution is -2.46. The number of hydrogen-bond donors (Lipinski definition) is 1. The smallest absolute Gasteiger partial charge is 0.241 e. The third-order valence-electron chi connectivity index (χ3n) is 3.63. The molecule has 0 saturated carbocycles. The number of halogens is 1. The summed E-state index contributed by atoms with van der Waals surface area (Å²) >= 11 is 3.36. The zero-order valence-electron chi connectivity index (χ0n) is 13.3. The maximum Gasteiger partial charge on any atom is 0.241 e. The maximum atomic E-state index is 12.7. The van der Waals surface area contributed by atoms with Gasteiger partial charge in [-0.15, -0.1) is 0 Å². The summed E-state index contributed by atoms with van der Waals surface area (Å²) in [4.78, 5) is 26.8. The Morgan fingerprint density at radius 2 is 1.70 bits per heavy atom. The molecule has 0 atom stereocenters. The van der Waals surface area contributed by atoms with Crippen molar-refractivity contribution in [2.24, 2.45) is 5.41 Å². The summed E-state index contributed by atoms with van der Waals surface area (Å²) in [5.41, 5.74) is 0.209. The first-order valence-corrected chi connectivity index (χ1v) is 8.02. The molecule has 23 heavy (non-hydrogen) atoms. The van der Waals surface area contributed by atoms with E-state index in [9.17, 15) is 9.59 Å². The van der Waals surface area contributed by atoms with Crippen LogP contribution in [-0.4, -0.2) is 18.9 Å². The summed E-state index contributed by atoms with van der Waals surface area (Å²) in [6.45, 7) is 3.25. The molecule has 2 aromatic rings. The first kappa shape index (κ1) is 17.2. The third-order valence-corrected chi connectivity index (χ3v) is 4.13. The fourth-order valence-corrected chi connectivity index (χ4v) is 2.54. The molecule has 0 aliphatic heterocycles. The average Bonchev–Trinajstić information content (AvgIpc) is 2.54. The van der Waals surface area contributed by atoms with Crippen molar-refractivity contribution < 1.29 is 9.59 Å². The Bertz CT molecular complexity index is 714. The summed E-state index contributed by atoms with van der Waals surface area (Å²) in [6.07, 6.45) is 0. The largest absolute Gasteiger partial charge is 0.325 e. The van der Waals surface area contributed by atoms with Crippen molar-refractivity contribution >= 4 is 39.1 Å². The van der Waals surface area contributed by atoms with Crippen LogP contribution in [0.1, 0.15) is 13.8 Å². The van der Waals surface area contributed by atoms with Crippen molar-refractivity contribution in [2.45, 2.75) is 13.8 Å². The normalized spacial score (nSPS) is 11.0. The molecule has 0 aliphatic carbocycles. The monoisotopic (exact) mass is 374 g/mol. The minimum atomic E-state index is -1.19. The van der Waals surface area contributed by atoms with Crippen molar-refractivity contribution in [2.75, 3.05) is 17.3 Å². The summed E-state index contributed by atoms with van der Waals surface area (Å²) < 4.78 is 0.862. The molecule has 0 heterocycles. The van der Waals surface area contributed by atoms with E-state index in [2.05, 4.69) is 21.2 Å². The number of benzene rings is 2. The highest BCUT2D eigenvalue weighted by Crippen LogP contribution is 2.25. The first-order chi connectivity index (χ1) is 10.8. The molecule has 2 aromatic carbocycles. The Morgan fingerprint density at radius 1 is 1.04 bits per heavy atom. The fourth-order valence-electron chi connectivity index (χ4n) is 2.14. The van der Waals surface area contributed by atoms with Gasteiger partial charge in [-0.25, -0.2) is 0 Å². The minimum absolute atomic E-state index is 0.267. The van der Waals surface area contributed by atoms with Gasteiger partial charge in [0.2, 0.25) is 11.8 Å². The van der Waals surface area contributed by atoms with Gasteiger partial charge >= 0.3 is 0 Å². The number of carbonyl (C=O) groups is 2. The van der Waals surface area contributed by atoms with E-state index in [1.54, 1.807) is 33.0 Å². The van der Waals surface area contributed by atoms with Crippen molar-refractivity contribution in [3.8, 4) is 0 Å². The Balaban J connectivity index is 2.16. The Kier molecular flexibility index (Phi) is 5.21. The molecule has 120 valence electrons. The number of rotatable bonds is 4. The van der Waals surface area contributed by atoms with Gasteiger partial charge in [-0.3, -0.25) is 9.59 Å². The summed E-state index contributed by atoms with van der Waals surface area (Å²) in [6, 6.07) is 16.5. The predicted octanol–water partition coefficient (Wildman–Crippen LogP) is 4.08. The van der Waals surface area contributed by atoms with Crippen LogP contribution in [0.3, 0.4) is 0 Å². The van der Waals surface area contributed by atoms with Gasteiger partial charge < -0.3 is 10.2 Å². The summed E-state index contributed by atoms with van der Waals surface area (Å²) in [5.74, 6) is -0.612. The van der Waals surface area contributed by atoms with Gasteiger partial charge in [-0.1, -0.05) is 40.2 Å². The average molecular weight is 375 g/mol. The number of nitrogens with zero attached hydrogens (tertiary/aromatic N) is 1. The molecule has 0 bridgehead atoms. The van der Waals surface area contributed by atoms with E-state index in [-0.39, 0.29) is 11.8 Å². The highest BCUT2D eigenvalue weighted by Gasteiger charge is 2.38. The van der Waals surface area contributed by atoms with Crippen LogP contribution >= 0.6 is 15.9 Å².